The number of piperidine rings is 1. The minimum atomic E-state index is 0.346. The molecule has 2 rings (SSSR count). The van der Waals surface area contributed by atoms with Crippen molar-refractivity contribution in [2.45, 2.75) is 58.4 Å². The largest absolute Gasteiger partial charge is 0.494 e. The Hall–Kier alpha value is -1.06. The number of aliphatic hydroxyl groups is 1. The average molecular weight is 319 g/mol. The van der Waals surface area contributed by atoms with Crippen LogP contribution in [-0.2, 0) is 6.54 Å². The molecule has 0 bridgehead atoms. The number of ether oxygens (including phenoxy) is 1. The second-order valence-electron chi connectivity index (χ2n) is 6.81. The number of benzene rings is 1. The Bertz CT molecular complexity index is 410. The highest BCUT2D eigenvalue weighted by Crippen LogP contribution is 2.20. The fraction of sp³-hybridized carbons (Fsp3) is 0.700. The predicted octanol–water partition coefficient (Wildman–Crippen LogP) is 4.24. The van der Waals surface area contributed by atoms with Crippen LogP contribution in [0.15, 0.2) is 24.3 Å². The van der Waals surface area contributed by atoms with Gasteiger partial charge in [-0.2, -0.15) is 0 Å². The van der Waals surface area contributed by atoms with Crippen LogP contribution in [0.25, 0.3) is 0 Å². The molecule has 1 aliphatic rings. The summed E-state index contributed by atoms with van der Waals surface area (Å²) in [6, 6.07) is 8.57. The van der Waals surface area contributed by atoms with Crippen LogP contribution in [0.4, 0.5) is 0 Å². The molecule has 23 heavy (non-hydrogen) atoms. The lowest BCUT2D eigenvalue weighted by atomic mass is 9.97. The fourth-order valence-corrected chi connectivity index (χ4v) is 3.17. The van der Waals surface area contributed by atoms with Gasteiger partial charge in [-0.15, -0.1) is 0 Å². The van der Waals surface area contributed by atoms with Crippen molar-refractivity contribution < 1.29 is 9.84 Å². The molecule has 1 fully saturated rings. The van der Waals surface area contributed by atoms with Crippen molar-refractivity contribution in [3.63, 3.8) is 0 Å². The standard InChI is InChI=1S/C20H33NO2/c1-2-3-4-5-6-15-23-20-9-7-18(8-10-20)16-21-13-11-19(17-22)12-14-21/h7-10,19,22H,2-6,11-17H2,1H3. The van der Waals surface area contributed by atoms with Crippen LogP contribution in [0.5, 0.6) is 5.75 Å². The van der Waals surface area contributed by atoms with E-state index in [0.717, 1.165) is 51.3 Å². The molecule has 0 aromatic heterocycles. The molecule has 0 spiro atoms. The Morgan fingerprint density at radius 2 is 1.74 bits per heavy atom. The zero-order valence-electron chi connectivity index (χ0n) is 14.7. The number of unbranched alkanes of at least 4 members (excludes halogenated alkanes) is 4. The highest BCUT2D eigenvalue weighted by molar-refractivity contribution is 5.27. The molecular formula is C20H33NO2. The van der Waals surface area contributed by atoms with Gasteiger partial charge in [0.15, 0.2) is 0 Å². The molecule has 130 valence electrons. The van der Waals surface area contributed by atoms with E-state index < -0.39 is 0 Å². The van der Waals surface area contributed by atoms with Gasteiger partial charge in [-0.1, -0.05) is 44.7 Å². The van der Waals surface area contributed by atoms with E-state index in [4.69, 9.17) is 4.74 Å². The fourth-order valence-electron chi connectivity index (χ4n) is 3.17. The SMILES string of the molecule is CCCCCCCOc1ccc(CN2CCC(CO)CC2)cc1. The number of hydrogen-bond donors (Lipinski definition) is 1. The van der Waals surface area contributed by atoms with Crippen LogP contribution in [0, 0.1) is 5.92 Å². The summed E-state index contributed by atoms with van der Waals surface area (Å²) < 4.78 is 5.82. The van der Waals surface area contributed by atoms with Gasteiger partial charge in [0, 0.05) is 13.2 Å². The summed E-state index contributed by atoms with van der Waals surface area (Å²) in [5.74, 6) is 1.50. The molecule has 0 radical (unpaired) electrons. The zero-order valence-corrected chi connectivity index (χ0v) is 14.7. The number of likely N-dealkylation sites (tertiary alicyclic amines) is 1. The summed E-state index contributed by atoms with van der Waals surface area (Å²) in [4.78, 5) is 2.48. The Labute approximate surface area is 141 Å². The molecule has 1 aliphatic heterocycles. The third-order valence-electron chi connectivity index (χ3n) is 4.81. The first-order chi connectivity index (χ1) is 11.3. The van der Waals surface area contributed by atoms with Crippen molar-refractivity contribution in [1.82, 2.24) is 4.90 Å². The van der Waals surface area contributed by atoms with Crippen molar-refractivity contribution in [3.8, 4) is 5.75 Å². The maximum Gasteiger partial charge on any atom is 0.119 e. The highest BCUT2D eigenvalue weighted by atomic mass is 16.5. The van der Waals surface area contributed by atoms with Gasteiger partial charge in [0.25, 0.3) is 0 Å². The Morgan fingerprint density at radius 1 is 1.04 bits per heavy atom. The quantitative estimate of drug-likeness (QED) is 0.655. The molecule has 0 atom stereocenters. The molecule has 0 unspecified atom stereocenters. The molecular weight excluding hydrogens is 286 g/mol. The lowest BCUT2D eigenvalue weighted by Crippen LogP contribution is -2.34. The maximum absolute atomic E-state index is 9.20. The van der Waals surface area contributed by atoms with Gasteiger partial charge in [-0.05, 0) is 56.0 Å². The van der Waals surface area contributed by atoms with Crippen LogP contribution in [0.1, 0.15) is 57.4 Å². The third kappa shape index (κ3) is 6.92. The van der Waals surface area contributed by atoms with Crippen molar-refractivity contribution in [2.75, 3.05) is 26.3 Å². The first-order valence-corrected chi connectivity index (χ1v) is 9.36. The number of aliphatic hydroxyl groups excluding tert-OH is 1. The Morgan fingerprint density at radius 3 is 2.39 bits per heavy atom. The molecule has 0 saturated carbocycles. The first-order valence-electron chi connectivity index (χ1n) is 9.36. The van der Waals surface area contributed by atoms with E-state index in [2.05, 4.69) is 36.1 Å². The van der Waals surface area contributed by atoms with Crippen molar-refractivity contribution in [2.24, 2.45) is 5.92 Å². The molecule has 3 nitrogen and oxygen atoms in total. The van der Waals surface area contributed by atoms with Crippen molar-refractivity contribution in [1.29, 1.82) is 0 Å². The third-order valence-corrected chi connectivity index (χ3v) is 4.81. The van der Waals surface area contributed by atoms with E-state index in [1.165, 1.54) is 31.2 Å². The van der Waals surface area contributed by atoms with Gasteiger partial charge in [-0.25, -0.2) is 0 Å². The zero-order chi connectivity index (χ0) is 16.3. The minimum absolute atomic E-state index is 0.346. The van der Waals surface area contributed by atoms with Crippen molar-refractivity contribution >= 4 is 0 Å². The Kier molecular flexibility index (Phi) is 8.48. The summed E-state index contributed by atoms with van der Waals surface area (Å²) in [6.07, 6.45) is 8.62. The average Bonchev–Trinajstić information content (AvgIpc) is 2.60. The topological polar surface area (TPSA) is 32.7 Å². The number of hydrogen-bond acceptors (Lipinski definition) is 3. The van der Waals surface area contributed by atoms with E-state index >= 15 is 0 Å². The van der Waals surface area contributed by atoms with Gasteiger partial charge >= 0.3 is 0 Å². The summed E-state index contributed by atoms with van der Waals surface area (Å²) in [6.45, 7) is 6.63. The summed E-state index contributed by atoms with van der Waals surface area (Å²) in [5, 5.41) is 9.20. The van der Waals surface area contributed by atoms with Gasteiger partial charge in [-0.3, -0.25) is 4.90 Å². The molecule has 3 heteroatoms. The van der Waals surface area contributed by atoms with E-state index in [-0.39, 0.29) is 0 Å². The molecule has 1 heterocycles. The van der Waals surface area contributed by atoms with Gasteiger partial charge in [0.1, 0.15) is 5.75 Å². The number of rotatable bonds is 10. The second kappa shape index (κ2) is 10.7. The monoisotopic (exact) mass is 319 g/mol. The molecule has 1 aromatic rings. The summed E-state index contributed by atoms with van der Waals surface area (Å²) in [7, 11) is 0. The maximum atomic E-state index is 9.20. The molecule has 0 aliphatic carbocycles. The van der Waals surface area contributed by atoms with E-state index in [1.54, 1.807) is 0 Å². The van der Waals surface area contributed by atoms with Crippen LogP contribution < -0.4 is 4.74 Å². The normalized spacial score (nSPS) is 16.6. The van der Waals surface area contributed by atoms with Crippen LogP contribution in [0.2, 0.25) is 0 Å². The van der Waals surface area contributed by atoms with Gasteiger partial charge in [0.2, 0.25) is 0 Å². The predicted molar refractivity (Wildman–Crippen MR) is 95.8 cm³/mol. The number of nitrogens with zero attached hydrogens (tertiary/aromatic N) is 1. The molecule has 1 aromatic carbocycles. The first kappa shape index (κ1) is 18.3. The van der Waals surface area contributed by atoms with Gasteiger partial charge in [0.05, 0.1) is 6.61 Å². The smallest absolute Gasteiger partial charge is 0.119 e. The van der Waals surface area contributed by atoms with E-state index in [9.17, 15) is 5.11 Å². The minimum Gasteiger partial charge on any atom is -0.494 e. The highest BCUT2D eigenvalue weighted by Gasteiger charge is 2.18. The van der Waals surface area contributed by atoms with Crippen LogP contribution >= 0.6 is 0 Å². The molecule has 1 saturated heterocycles. The van der Waals surface area contributed by atoms with Crippen LogP contribution in [-0.4, -0.2) is 36.3 Å². The Balaban J connectivity index is 1.64. The lowest BCUT2D eigenvalue weighted by molar-refractivity contribution is 0.127. The second-order valence-corrected chi connectivity index (χ2v) is 6.81. The van der Waals surface area contributed by atoms with Gasteiger partial charge < -0.3 is 9.84 Å². The summed E-state index contributed by atoms with van der Waals surface area (Å²) >= 11 is 0. The molecule has 1 N–H and O–H groups in total. The summed E-state index contributed by atoms with van der Waals surface area (Å²) in [5.41, 5.74) is 1.35. The van der Waals surface area contributed by atoms with Crippen LogP contribution in [0.3, 0.4) is 0 Å². The van der Waals surface area contributed by atoms with E-state index in [0.29, 0.717) is 12.5 Å². The molecule has 0 amide bonds. The lowest BCUT2D eigenvalue weighted by Gasteiger charge is -2.31. The van der Waals surface area contributed by atoms with Crippen molar-refractivity contribution in [3.05, 3.63) is 29.8 Å². The van der Waals surface area contributed by atoms with E-state index in [1.807, 2.05) is 0 Å².